The molecule has 0 amide bonds. The van der Waals surface area contributed by atoms with Gasteiger partial charge in [-0.05, 0) is 35.4 Å². The summed E-state index contributed by atoms with van der Waals surface area (Å²) in [6, 6.07) is 12.4. The Kier molecular flexibility index (Phi) is 7.57. The highest BCUT2D eigenvalue weighted by atomic mass is 16.7. The molecule has 37 heavy (non-hydrogen) atoms. The summed E-state index contributed by atoms with van der Waals surface area (Å²) in [4.78, 5) is 0. The molecule has 3 fully saturated rings. The quantitative estimate of drug-likeness (QED) is 0.342. The smallest absolute Gasteiger partial charge is 0.229 e. The Bertz CT molecular complexity index is 1060. The standard InChI is InChI=1S/C26H32O11/c1-32-16-8-5-13(9-17(16)33-2)23-15-11-34-24(19(15)25(31)37-23)12-3-6-14(7-4-12)35-26-22(30)21(29)20(28)18(10-27)36-26/h3-9,15,18-31H,10-11H2,1-2H3/t15-,18-,19+,20-,21+,22-,23-,24+,25+,26-/m1/s1. The van der Waals surface area contributed by atoms with Crippen LogP contribution in [-0.4, -0.2) is 90.0 Å². The molecule has 3 aliphatic rings. The van der Waals surface area contributed by atoms with E-state index in [0.717, 1.165) is 11.1 Å². The monoisotopic (exact) mass is 520 g/mol. The van der Waals surface area contributed by atoms with Gasteiger partial charge in [0, 0.05) is 11.8 Å². The third kappa shape index (κ3) is 4.77. The van der Waals surface area contributed by atoms with Crippen molar-refractivity contribution in [1.29, 1.82) is 0 Å². The number of aliphatic hydroxyl groups is 5. The van der Waals surface area contributed by atoms with Crippen LogP contribution < -0.4 is 14.2 Å². The van der Waals surface area contributed by atoms with Gasteiger partial charge >= 0.3 is 0 Å². The van der Waals surface area contributed by atoms with Crippen LogP contribution in [0.1, 0.15) is 23.3 Å². The van der Waals surface area contributed by atoms with Gasteiger partial charge < -0.3 is 54.0 Å². The van der Waals surface area contributed by atoms with Crippen molar-refractivity contribution in [1.82, 2.24) is 0 Å². The highest BCUT2D eigenvalue weighted by molar-refractivity contribution is 5.44. The molecule has 0 bridgehead atoms. The second kappa shape index (κ2) is 10.7. The molecule has 0 spiro atoms. The van der Waals surface area contributed by atoms with E-state index in [2.05, 4.69) is 0 Å². The van der Waals surface area contributed by atoms with E-state index in [4.69, 9.17) is 28.4 Å². The van der Waals surface area contributed by atoms with E-state index in [1.54, 1.807) is 44.6 Å². The Morgan fingerprint density at radius 2 is 1.51 bits per heavy atom. The van der Waals surface area contributed by atoms with Crippen molar-refractivity contribution in [3.05, 3.63) is 53.6 Å². The fourth-order valence-electron chi connectivity index (χ4n) is 5.36. The molecule has 3 aliphatic heterocycles. The summed E-state index contributed by atoms with van der Waals surface area (Å²) in [5, 5.41) is 50.3. The van der Waals surface area contributed by atoms with Crippen LogP contribution in [0, 0.1) is 11.8 Å². The first kappa shape index (κ1) is 26.1. The number of aliphatic hydroxyl groups excluding tert-OH is 5. The van der Waals surface area contributed by atoms with Crippen molar-refractivity contribution < 1.29 is 54.0 Å². The summed E-state index contributed by atoms with van der Waals surface area (Å²) < 4.78 is 33.9. The first-order valence-electron chi connectivity index (χ1n) is 12.1. The molecule has 0 aliphatic carbocycles. The van der Waals surface area contributed by atoms with E-state index in [1.165, 1.54) is 0 Å². The first-order chi connectivity index (χ1) is 17.9. The molecule has 0 aromatic heterocycles. The van der Waals surface area contributed by atoms with Crippen molar-refractivity contribution in [2.45, 2.75) is 49.2 Å². The molecule has 2 aromatic carbocycles. The Labute approximate surface area is 213 Å². The summed E-state index contributed by atoms with van der Waals surface area (Å²) in [6.07, 6.45) is -8.64. The normalized spacial score (nSPS) is 37.3. The van der Waals surface area contributed by atoms with Gasteiger partial charge in [-0.15, -0.1) is 0 Å². The topological polar surface area (TPSA) is 157 Å². The lowest BCUT2D eigenvalue weighted by Gasteiger charge is -2.39. The number of hydrogen-bond acceptors (Lipinski definition) is 11. The summed E-state index contributed by atoms with van der Waals surface area (Å²) in [6.45, 7) is -0.144. The molecule has 5 rings (SSSR count). The molecule has 11 heteroatoms. The van der Waals surface area contributed by atoms with E-state index < -0.39 is 49.7 Å². The van der Waals surface area contributed by atoms with Crippen molar-refractivity contribution in [3.63, 3.8) is 0 Å². The fraction of sp³-hybridized carbons (Fsp3) is 0.538. The van der Waals surface area contributed by atoms with Crippen LogP contribution in [0.4, 0.5) is 0 Å². The number of hydrogen-bond donors (Lipinski definition) is 5. The minimum absolute atomic E-state index is 0.0804. The lowest BCUT2D eigenvalue weighted by molar-refractivity contribution is -0.277. The minimum atomic E-state index is -1.53. The van der Waals surface area contributed by atoms with Gasteiger partial charge in [0.2, 0.25) is 6.29 Å². The lowest BCUT2D eigenvalue weighted by atomic mass is 9.84. The summed E-state index contributed by atoms with van der Waals surface area (Å²) >= 11 is 0. The number of rotatable bonds is 7. The highest BCUT2D eigenvalue weighted by Crippen LogP contribution is 2.53. The van der Waals surface area contributed by atoms with Crippen LogP contribution in [0.15, 0.2) is 42.5 Å². The summed E-state index contributed by atoms with van der Waals surface area (Å²) in [7, 11) is 3.13. The van der Waals surface area contributed by atoms with E-state index in [1.807, 2.05) is 12.1 Å². The van der Waals surface area contributed by atoms with Crippen molar-refractivity contribution in [2.24, 2.45) is 11.8 Å². The molecule has 2 aromatic rings. The van der Waals surface area contributed by atoms with Gasteiger partial charge in [0.15, 0.2) is 17.8 Å². The molecular formula is C26H32O11. The molecule has 202 valence electrons. The predicted octanol–water partition coefficient (Wildman–Crippen LogP) is 0.276. The first-order valence-corrected chi connectivity index (χ1v) is 12.1. The van der Waals surface area contributed by atoms with Crippen molar-refractivity contribution in [2.75, 3.05) is 27.4 Å². The van der Waals surface area contributed by atoms with Crippen LogP contribution in [0.5, 0.6) is 17.2 Å². The Morgan fingerprint density at radius 3 is 2.19 bits per heavy atom. The van der Waals surface area contributed by atoms with E-state index in [-0.39, 0.29) is 17.9 Å². The summed E-state index contributed by atoms with van der Waals surface area (Å²) in [5.41, 5.74) is 1.67. The van der Waals surface area contributed by atoms with Crippen LogP contribution in [0.3, 0.4) is 0 Å². The largest absolute Gasteiger partial charge is 0.493 e. The Morgan fingerprint density at radius 1 is 0.811 bits per heavy atom. The zero-order chi connectivity index (χ0) is 26.3. The number of ether oxygens (including phenoxy) is 6. The lowest BCUT2D eigenvalue weighted by Crippen LogP contribution is -2.60. The Balaban J connectivity index is 1.28. The van der Waals surface area contributed by atoms with E-state index in [9.17, 15) is 25.5 Å². The second-order valence-electron chi connectivity index (χ2n) is 9.44. The van der Waals surface area contributed by atoms with Crippen molar-refractivity contribution in [3.8, 4) is 17.2 Å². The van der Waals surface area contributed by atoms with Crippen LogP contribution >= 0.6 is 0 Å². The highest BCUT2D eigenvalue weighted by Gasteiger charge is 2.53. The van der Waals surface area contributed by atoms with Crippen LogP contribution in [-0.2, 0) is 14.2 Å². The maximum atomic E-state index is 10.8. The van der Waals surface area contributed by atoms with Gasteiger partial charge in [0.05, 0.1) is 39.6 Å². The molecule has 11 nitrogen and oxygen atoms in total. The molecule has 5 N–H and O–H groups in total. The fourth-order valence-corrected chi connectivity index (χ4v) is 5.36. The summed E-state index contributed by atoms with van der Waals surface area (Å²) in [5.74, 6) is 1.15. The molecule has 0 radical (unpaired) electrons. The van der Waals surface area contributed by atoms with Gasteiger partial charge in [-0.1, -0.05) is 18.2 Å². The third-order valence-electron chi connectivity index (χ3n) is 7.36. The van der Waals surface area contributed by atoms with Gasteiger partial charge in [-0.25, -0.2) is 0 Å². The number of fused-ring (bicyclic) bond motifs is 1. The number of benzene rings is 2. The number of methoxy groups -OCH3 is 2. The second-order valence-corrected chi connectivity index (χ2v) is 9.44. The minimum Gasteiger partial charge on any atom is -0.493 e. The maximum Gasteiger partial charge on any atom is 0.229 e. The molecule has 3 heterocycles. The van der Waals surface area contributed by atoms with E-state index in [0.29, 0.717) is 23.9 Å². The van der Waals surface area contributed by atoms with Gasteiger partial charge in [-0.3, -0.25) is 0 Å². The van der Waals surface area contributed by atoms with Gasteiger partial charge in [-0.2, -0.15) is 0 Å². The van der Waals surface area contributed by atoms with Crippen LogP contribution in [0.2, 0.25) is 0 Å². The molecule has 0 saturated carbocycles. The average molecular weight is 521 g/mol. The third-order valence-corrected chi connectivity index (χ3v) is 7.36. The Hall–Kier alpha value is -2.48. The molecule has 3 saturated heterocycles. The zero-order valence-corrected chi connectivity index (χ0v) is 20.4. The maximum absolute atomic E-state index is 10.8. The average Bonchev–Trinajstić information content (AvgIpc) is 3.50. The molecular weight excluding hydrogens is 488 g/mol. The zero-order valence-electron chi connectivity index (χ0n) is 20.4. The SMILES string of the molecule is COc1ccc([C@H]2O[C@H](O)[C@H]3[C@H]2CO[C@H]3c2ccc(O[C@@H]3O[C@H](CO)[C@@H](O)[C@H](O)[C@H]3O)cc2)cc1OC. The van der Waals surface area contributed by atoms with Gasteiger partial charge in [0.1, 0.15) is 30.2 Å². The van der Waals surface area contributed by atoms with Gasteiger partial charge in [0.25, 0.3) is 0 Å². The molecule has 0 unspecified atom stereocenters. The van der Waals surface area contributed by atoms with Crippen molar-refractivity contribution >= 4 is 0 Å². The predicted molar refractivity (Wildman–Crippen MR) is 126 cm³/mol. The molecule has 10 atom stereocenters. The van der Waals surface area contributed by atoms with Crippen LogP contribution in [0.25, 0.3) is 0 Å². The van der Waals surface area contributed by atoms with E-state index >= 15 is 0 Å².